The molecule has 4 heteroatoms. The zero-order valence-corrected chi connectivity index (χ0v) is 9.92. The summed E-state index contributed by atoms with van der Waals surface area (Å²) in [6.07, 6.45) is 5.10. The molecule has 0 aromatic heterocycles. The third-order valence-corrected chi connectivity index (χ3v) is 3.77. The van der Waals surface area contributed by atoms with Crippen LogP contribution >= 0.6 is 0 Å². The van der Waals surface area contributed by atoms with Crippen LogP contribution in [0.3, 0.4) is 0 Å². The van der Waals surface area contributed by atoms with Crippen LogP contribution in [0.4, 0.5) is 0 Å². The molecule has 2 fully saturated rings. The third-order valence-electron chi connectivity index (χ3n) is 3.77. The summed E-state index contributed by atoms with van der Waals surface area (Å²) in [5.74, 6) is 0.162. The minimum Gasteiger partial charge on any atom is -0.354 e. The lowest BCUT2D eigenvalue weighted by Crippen LogP contribution is -2.44. The van der Waals surface area contributed by atoms with E-state index >= 15 is 0 Å². The number of nitrogens with one attached hydrogen (secondary N) is 1. The molecule has 0 bridgehead atoms. The van der Waals surface area contributed by atoms with Crippen molar-refractivity contribution < 1.29 is 9.59 Å². The standard InChI is InChI=1S/C12H20N2O2/c1-12(5-2-3-6-12)11(16)14-8-4-7-13-10(15)9-14/h2-9H2,1H3,(H,13,15). The van der Waals surface area contributed by atoms with Gasteiger partial charge in [-0.3, -0.25) is 9.59 Å². The van der Waals surface area contributed by atoms with Crippen molar-refractivity contribution in [2.75, 3.05) is 19.6 Å². The van der Waals surface area contributed by atoms with Crippen LogP contribution in [-0.2, 0) is 9.59 Å². The van der Waals surface area contributed by atoms with E-state index in [0.717, 1.165) is 32.1 Å². The topological polar surface area (TPSA) is 49.4 Å². The van der Waals surface area contributed by atoms with Gasteiger partial charge in [-0.2, -0.15) is 0 Å². The number of amides is 2. The summed E-state index contributed by atoms with van der Waals surface area (Å²) in [6.45, 7) is 3.70. The predicted molar refractivity (Wildman–Crippen MR) is 60.8 cm³/mol. The van der Waals surface area contributed by atoms with Gasteiger partial charge in [0.05, 0.1) is 6.54 Å². The van der Waals surface area contributed by atoms with Crippen LogP contribution in [0.2, 0.25) is 0 Å². The van der Waals surface area contributed by atoms with Crippen LogP contribution in [0.1, 0.15) is 39.0 Å². The molecule has 2 aliphatic rings. The van der Waals surface area contributed by atoms with Crippen molar-refractivity contribution in [3.05, 3.63) is 0 Å². The molecule has 0 unspecified atom stereocenters. The van der Waals surface area contributed by atoms with E-state index in [0.29, 0.717) is 13.1 Å². The van der Waals surface area contributed by atoms with E-state index in [1.165, 1.54) is 0 Å². The molecule has 2 amide bonds. The monoisotopic (exact) mass is 224 g/mol. The Balaban J connectivity index is 2.05. The second-order valence-electron chi connectivity index (χ2n) is 5.20. The highest BCUT2D eigenvalue weighted by Gasteiger charge is 2.39. The maximum absolute atomic E-state index is 12.4. The van der Waals surface area contributed by atoms with Crippen molar-refractivity contribution in [2.24, 2.45) is 5.41 Å². The van der Waals surface area contributed by atoms with Gasteiger partial charge in [0.15, 0.2) is 0 Å². The second kappa shape index (κ2) is 4.44. The Hall–Kier alpha value is -1.06. The van der Waals surface area contributed by atoms with E-state index in [4.69, 9.17) is 0 Å². The second-order valence-corrected chi connectivity index (χ2v) is 5.20. The van der Waals surface area contributed by atoms with E-state index in [-0.39, 0.29) is 23.8 Å². The number of carbonyl (C=O) groups is 2. The first-order valence-electron chi connectivity index (χ1n) is 6.18. The molecule has 0 atom stereocenters. The lowest BCUT2D eigenvalue weighted by atomic mass is 9.87. The highest BCUT2D eigenvalue weighted by molar-refractivity contribution is 5.88. The molecule has 1 N–H and O–H groups in total. The Morgan fingerprint density at radius 1 is 1.31 bits per heavy atom. The van der Waals surface area contributed by atoms with E-state index in [1.54, 1.807) is 4.90 Å². The predicted octanol–water partition coefficient (Wildman–Crippen LogP) is 0.915. The molecule has 1 heterocycles. The van der Waals surface area contributed by atoms with E-state index in [1.807, 2.05) is 6.92 Å². The molecule has 0 aromatic rings. The molecule has 16 heavy (non-hydrogen) atoms. The molecule has 1 saturated carbocycles. The Kier molecular flexibility index (Phi) is 3.17. The highest BCUT2D eigenvalue weighted by Crippen LogP contribution is 2.39. The maximum atomic E-state index is 12.4. The molecule has 90 valence electrons. The zero-order chi connectivity index (χ0) is 11.6. The fourth-order valence-electron chi connectivity index (χ4n) is 2.73. The van der Waals surface area contributed by atoms with Gasteiger partial charge in [-0.1, -0.05) is 19.8 Å². The number of hydrogen-bond acceptors (Lipinski definition) is 2. The van der Waals surface area contributed by atoms with Crippen LogP contribution in [0, 0.1) is 5.41 Å². The third kappa shape index (κ3) is 2.20. The summed E-state index contributed by atoms with van der Waals surface area (Å²) in [5, 5.41) is 2.80. The summed E-state index contributed by atoms with van der Waals surface area (Å²) in [7, 11) is 0. The zero-order valence-electron chi connectivity index (χ0n) is 9.92. The van der Waals surface area contributed by atoms with Crippen molar-refractivity contribution in [1.82, 2.24) is 10.2 Å². The Morgan fingerprint density at radius 2 is 2.00 bits per heavy atom. The first-order chi connectivity index (χ1) is 7.62. The van der Waals surface area contributed by atoms with Gasteiger partial charge in [0.2, 0.25) is 11.8 Å². The van der Waals surface area contributed by atoms with Gasteiger partial charge in [-0.05, 0) is 19.3 Å². The first kappa shape index (κ1) is 11.4. The van der Waals surface area contributed by atoms with Crippen molar-refractivity contribution in [3.8, 4) is 0 Å². The van der Waals surface area contributed by atoms with Crippen LogP contribution in [0.5, 0.6) is 0 Å². The maximum Gasteiger partial charge on any atom is 0.239 e. The van der Waals surface area contributed by atoms with Crippen molar-refractivity contribution in [2.45, 2.75) is 39.0 Å². The number of carbonyl (C=O) groups excluding carboxylic acids is 2. The SMILES string of the molecule is CC1(C(=O)N2CCCNC(=O)C2)CCCC1. The van der Waals surface area contributed by atoms with Gasteiger partial charge >= 0.3 is 0 Å². The molecule has 1 aliphatic carbocycles. The van der Waals surface area contributed by atoms with Gasteiger partial charge in [0.25, 0.3) is 0 Å². The van der Waals surface area contributed by atoms with Gasteiger partial charge in [0, 0.05) is 18.5 Å². The van der Waals surface area contributed by atoms with Crippen LogP contribution in [-0.4, -0.2) is 36.3 Å². The fourth-order valence-corrected chi connectivity index (χ4v) is 2.73. The van der Waals surface area contributed by atoms with Crippen LogP contribution in [0.25, 0.3) is 0 Å². The summed E-state index contributed by atoms with van der Waals surface area (Å²) < 4.78 is 0. The molecule has 1 aliphatic heterocycles. The molecule has 4 nitrogen and oxygen atoms in total. The Labute approximate surface area is 96.4 Å². The number of rotatable bonds is 1. The molecular weight excluding hydrogens is 204 g/mol. The van der Waals surface area contributed by atoms with Gasteiger partial charge in [0.1, 0.15) is 0 Å². The summed E-state index contributed by atoms with van der Waals surface area (Å²) in [6, 6.07) is 0. The minimum absolute atomic E-state index is 0.0209. The molecule has 1 saturated heterocycles. The molecular formula is C12H20N2O2. The fraction of sp³-hybridized carbons (Fsp3) is 0.833. The van der Waals surface area contributed by atoms with Crippen molar-refractivity contribution in [3.63, 3.8) is 0 Å². The normalized spacial score (nSPS) is 25.1. The lowest BCUT2D eigenvalue weighted by Gasteiger charge is -2.30. The van der Waals surface area contributed by atoms with Crippen molar-refractivity contribution >= 4 is 11.8 Å². The smallest absolute Gasteiger partial charge is 0.239 e. The molecule has 0 radical (unpaired) electrons. The average molecular weight is 224 g/mol. The van der Waals surface area contributed by atoms with E-state index in [9.17, 15) is 9.59 Å². The quantitative estimate of drug-likeness (QED) is 0.720. The van der Waals surface area contributed by atoms with E-state index < -0.39 is 0 Å². The van der Waals surface area contributed by atoms with Crippen LogP contribution in [0.15, 0.2) is 0 Å². The Morgan fingerprint density at radius 3 is 2.69 bits per heavy atom. The lowest BCUT2D eigenvalue weighted by molar-refractivity contribution is -0.143. The van der Waals surface area contributed by atoms with Crippen molar-refractivity contribution in [1.29, 1.82) is 0 Å². The number of hydrogen-bond donors (Lipinski definition) is 1. The highest BCUT2D eigenvalue weighted by atomic mass is 16.2. The number of nitrogens with zero attached hydrogens (tertiary/aromatic N) is 1. The molecule has 2 rings (SSSR count). The Bertz CT molecular complexity index is 295. The van der Waals surface area contributed by atoms with Gasteiger partial charge in [-0.15, -0.1) is 0 Å². The van der Waals surface area contributed by atoms with Gasteiger partial charge < -0.3 is 10.2 Å². The minimum atomic E-state index is -0.204. The van der Waals surface area contributed by atoms with Crippen LogP contribution < -0.4 is 5.32 Å². The van der Waals surface area contributed by atoms with Gasteiger partial charge in [-0.25, -0.2) is 0 Å². The largest absolute Gasteiger partial charge is 0.354 e. The molecule has 0 aromatic carbocycles. The average Bonchev–Trinajstić information content (AvgIpc) is 2.58. The summed E-state index contributed by atoms with van der Waals surface area (Å²) in [4.78, 5) is 25.5. The summed E-state index contributed by atoms with van der Waals surface area (Å²) in [5.41, 5.74) is -0.204. The first-order valence-corrected chi connectivity index (χ1v) is 6.18. The molecule has 0 spiro atoms. The van der Waals surface area contributed by atoms with E-state index in [2.05, 4.69) is 5.32 Å². The summed E-state index contributed by atoms with van der Waals surface area (Å²) >= 11 is 0.